The van der Waals surface area contributed by atoms with Gasteiger partial charge in [0.15, 0.2) is 11.7 Å². The Hall–Kier alpha value is -2.36. The molecule has 4 atom stereocenters. The average Bonchev–Trinajstić information content (AvgIpc) is 2.79. The Kier molecular flexibility index (Phi) is 5.21. The van der Waals surface area contributed by atoms with Crippen LogP contribution in [-0.2, 0) is 14.3 Å². The van der Waals surface area contributed by atoms with Crippen LogP contribution in [0, 0.1) is 6.92 Å². The molecule has 9 nitrogen and oxygen atoms in total. The fourth-order valence-corrected chi connectivity index (χ4v) is 2.79. The normalized spacial score (nSPS) is 25.3. The monoisotopic (exact) mass is 356 g/mol. The highest BCUT2D eigenvalue weighted by Gasteiger charge is 2.53. The molecule has 0 spiro atoms. The van der Waals surface area contributed by atoms with Crippen LogP contribution in [0.4, 0.5) is 0 Å². The first-order valence-electron chi connectivity index (χ1n) is 7.54. The van der Waals surface area contributed by atoms with Gasteiger partial charge in [0.25, 0.3) is 0 Å². The first-order valence-corrected chi connectivity index (χ1v) is 7.54. The van der Waals surface area contributed by atoms with Crippen LogP contribution in [0.5, 0.6) is 11.5 Å². The fraction of sp³-hybridized carbons (Fsp3) is 0.500. The first kappa shape index (κ1) is 19.0. The number of carbonyl (C=O) groups excluding carboxylic acids is 2. The van der Waals surface area contributed by atoms with E-state index in [0.29, 0.717) is 0 Å². The number of aliphatic hydroxyl groups is 3. The van der Waals surface area contributed by atoms with Crippen molar-refractivity contribution in [2.75, 3.05) is 6.61 Å². The minimum atomic E-state index is -1.80. The molecule has 0 saturated carbocycles. The quantitative estimate of drug-likeness (QED) is 0.433. The lowest BCUT2D eigenvalue weighted by Gasteiger charge is -2.33. The molecule has 9 heteroatoms. The van der Waals surface area contributed by atoms with Gasteiger partial charge in [-0.2, -0.15) is 0 Å². The number of aliphatic hydroxyl groups excluding tert-OH is 3. The average molecular weight is 356 g/mol. The lowest BCUT2D eigenvalue weighted by atomic mass is 9.90. The van der Waals surface area contributed by atoms with Gasteiger partial charge >= 0.3 is 11.9 Å². The number of aryl methyl sites for hydroxylation is 1. The maximum absolute atomic E-state index is 12.2. The van der Waals surface area contributed by atoms with Crippen LogP contribution in [0.2, 0.25) is 0 Å². The third-order valence-electron chi connectivity index (χ3n) is 4.06. The Balaban J connectivity index is 2.22. The predicted octanol–water partition coefficient (Wildman–Crippen LogP) is -0.649. The SMILES string of the molecule is Cc1cc(O)cc(O)c1C(=O)OC[C@]1([C@@H](O)[C@H](C)O)C[C@@H](O)C(=O)O1. The van der Waals surface area contributed by atoms with Crippen LogP contribution in [-0.4, -0.2) is 68.0 Å². The summed E-state index contributed by atoms with van der Waals surface area (Å²) in [5, 5.41) is 48.5. The third kappa shape index (κ3) is 3.68. The number of benzene rings is 1. The maximum atomic E-state index is 12.2. The Bertz CT molecular complexity index is 661. The lowest BCUT2D eigenvalue weighted by Crippen LogP contribution is -2.52. The Labute approximate surface area is 143 Å². The van der Waals surface area contributed by atoms with Gasteiger partial charge in [-0.25, -0.2) is 9.59 Å². The summed E-state index contributed by atoms with van der Waals surface area (Å²) in [4.78, 5) is 23.7. The minimum Gasteiger partial charge on any atom is -0.508 e. The number of aromatic hydroxyl groups is 2. The van der Waals surface area contributed by atoms with Crippen molar-refractivity contribution < 1.29 is 44.6 Å². The molecule has 1 aliphatic heterocycles. The molecule has 5 N–H and O–H groups in total. The Morgan fingerprint density at radius 2 is 2.04 bits per heavy atom. The van der Waals surface area contributed by atoms with Gasteiger partial charge in [0, 0.05) is 12.5 Å². The van der Waals surface area contributed by atoms with Gasteiger partial charge in [0.05, 0.1) is 6.10 Å². The van der Waals surface area contributed by atoms with Crippen molar-refractivity contribution in [2.45, 2.75) is 44.2 Å². The van der Waals surface area contributed by atoms with Crippen molar-refractivity contribution in [3.05, 3.63) is 23.3 Å². The summed E-state index contributed by atoms with van der Waals surface area (Å²) in [5.41, 5.74) is -1.76. The van der Waals surface area contributed by atoms with Crippen molar-refractivity contribution in [2.24, 2.45) is 0 Å². The molecule has 0 radical (unpaired) electrons. The minimum absolute atomic E-state index is 0.204. The standard InChI is InChI=1S/C16H20O9/c1-7-3-9(18)4-10(19)12(7)15(23)24-6-16(13(21)8(2)17)5-11(20)14(22)25-16/h3-4,8,11,13,17-21H,5-6H2,1-2H3/t8-,11+,13-,16-/m0/s1. The molecular formula is C16H20O9. The number of hydrogen-bond acceptors (Lipinski definition) is 9. The smallest absolute Gasteiger partial charge is 0.342 e. The van der Waals surface area contributed by atoms with Gasteiger partial charge in [0.1, 0.15) is 29.8 Å². The molecule has 1 aromatic carbocycles. The molecule has 1 aliphatic rings. The second-order valence-electron chi connectivity index (χ2n) is 6.12. The number of cyclic esters (lactones) is 1. The van der Waals surface area contributed by atoms with Crippen LogP contribution in [0.3, 0.4) is 0 Å². The zero-order valence-electron chi connectivity index (χ0n) is 13.7. The number of rotatable bonds is 5. The van der Waals surface area contributed by atoms with Crippen molar-refractivity contribution in [1.82, 2.24) is 0 Å². The van der Waals surface area contributed by atoms with E-state index in [2.05, 4.69) is 0 Å². The van der Waals surface area contributed by atoms with E-state index < -0.39 is 48.2 Å². The van der Waals surface area contributed by atoms with Crippen LogP contribution < -0.4 is 0 Å². The van der Waals surface area contributed by atoms with Crippen molar-refractivity contribution in [3.63, 3.8) is 0 Å². The number of carbonyl (C=O) groups is 2. The Morgan fingerprint density at radius 1 is 1.40 bits per heavy atom. The summed E-state index contributed by atoms with van der Waals surface area (Å²) < 4.78 is 10.0. The van der Waals surface area contributed by atoms with Gasteiger partial charge < -0.3 is 35.0 Å². The van der Waals surface area contributed by atoms with E-state index in [1.54, 1.807) is 0 Å². The summed E-state index contributed by atoms with van der Waals surface area (Å²) in [6, 6.07) is 2.21. The first-order chi connectivity index (χ1) is 11.6. The van der Waals surface area contributed by atoms with Crippen LogP contribution >= 0.6 is 0 Å². The largest absolute Gasteiger partial charge is 0.508 e. The van der Waals surface area contributed by atoms with E-state index in [0.717, 1.165) is 6.07 Å². The lowest BCUT2D eigenvalue weighted by molar-refractivity contribution is -0.176. The number of ether oxygens (including phenoxy) is 2. The maximum Gasteiger partial charge on any atom is 0.342 e. The molecule has 1 saturated heterocycles. The van der Waals surface area contributed by atoms with E-state index in [-0.39, 0.29) is 23.3 Å². The molecule has 0 aromatic heterocycles. The third-order valence-corrected chi connectivity index (χ3v) is 4.06. The molecule has 1 aromatic rings. The van der Waals surface area contributed by atoms with Gasteiger partial charge in [-0.05, 0) is 25.5 Å². The van der Waals surface area contributed by atoms with Crippen LogP contribution in [0.15, 0.2) is 12.1 Å². The molecule has 25 heavy (non-hydrogen) atoms. The van der Waals surface area contributed by atoms with E-state index in [4.69, 9.17) is 9.47 Å². The van der Waals surface area contributed by atoms with E-state index in [1.807, 2.05) is 0 Å². The summed E-state index contributed by atoms with van der Waals surface area (Å²) in [5.74, 6) is -2.72. The van der Waals surface area contributed by atoms with Crippen LogP contribution in [0.1, 0.15) is 29.3 Å². The molecule has 0 bridgehead atoms. The molecule has 1 heterocycles. The van der Waals surface area contributed by atoms with Crippen LogP contribution in [0.25, 0.3) is 0 Å². The highest BCUT2D eigenvalue weighted by Crippen LogP contribution is 2.34. The predicted molar refractivity (Wildman–Crippen MR) is 81.9 cm³/mol. The second-order valence-corrected chi connectivity index (χ2v) is 6.12. The van der Waals surface area contributed by atoms with E-state index in [1.165, 1.54) is 19.9 Å². The Morgan fingerprint density at radius 3 is 2.52 bits per heavy atom. The zero-order valence-corrected chi connectivity index (χ0v) is 13.7. The summed E-state index contributed by atoms with van der Waals surface area (Å²) >= 11 is 0. The fourth-order valence-electron chi connectivity index (χ4n) is 2.79. The molecule has 0 aliphatic carbocycles. The molecule has 0 unspecified atom stereocenters. The highest BCUT2D eigenvalue weighted by atomic mass is 16.6. The summed E-state index contributed by atoms with van der Waals surface area (Å²) in [7, 11) is 0. The van der Waals surface area contributed by atoms with Crippen molar-refractivity contribution in [3.8, 4) is 11.5 Å². The number of hydrogen-bond donors (Lipinski definition) is 5. The molecular weight excluding hydrogens is 336 g/mol. The van der Waals surface area contributed by atoms with Gasteiger partial charge in [-0.15, -0.1) is 0 Å². The molecule has 0 amide bonds. The van der Waals surface area contributed by atoms with Gasteiger partial charge in [0.2, 0.25) is 0 Å². The molecule has 138 valence electrons. The zero-order chi connectivity index (χ0) is 18.9. The number of phenols is 2. The summed E-state index contributed by atoms with van der Waals surface area (Å²) in [6.07, 6.45) is -4.81. The number of phenolic OH excluding ortho intramolecular Hbond substituents is 2. The topological polar surface area (TPSA) is 154 Å². The molecule has 2 rings (SSSR count). The number of esters is 2. The van der Waals surface area contributed by atoms with Gasteiger partial charge in [-0.3, -0.25) is 0 Å². The highest BCUT2D eigenvalue weighted by molar-refractivity contribution is 5.94. The van der Waals surface area contributed by atoms with E-state index >= 15 is 0 Å². The van der Waals surface area contributed by atoms with Crippen molar-refractivity contribution >= 4 is 11.9 Å². The van der Waals surface area contributed by atoms with Crippen molar-refractivity contribution in [1.29, 1.82) is 0 Å². The summed E-state index contributed by atoms with van der Waals surface area (Å²) in [6.45, 7) is 2.08. The molecule has 1 fully saturated rings. The van der Waals surface area contributed by atoms with Gasteiger partial charge in [-0.1, -0.05) is 0 Å². The second kappa shape index (κ2) is 6.87. The van der Waals surface area contributed by atoms with E-state index in [9.17, 15) is 35.1 Å².